The smallest absolute Gasteiger partial charge is 0.407 e. The van der Waals surface area contributed by atoms with Crippen LogP contribution in [0.5, 0.6) is 0 Å². The van der Waals surface area contributed by atoms with Crippen LogP contribution >= 0.6 is 0 Å². The summed E-state index contributed by atoms with van der Waals surface area (Å²) in [6, 6.07) is 15.7. The first-order chi connectivity index (χ1) is 20.9. The van der Waals surface area contributed by atoms with Gasteiger partial charge in [-0.05, 0) is 55.7 Å². The molecular weight excluding hydrogens is 548 g/mol. The number of amides is 4. The Balaban J connectivity index is 1.34. The molecule has 0 bridgehead atoms. The molecule has 0 radical (unpaired) electrons. The second-order valence-electron chi connectivity index (χ2n) is 11.9. The number of nitrogens with zero attached hydrogens (tertiary/aromatic N) is 3. The molecule has 1 saturated carbocycles. The maximum atomic E-state index is 13.9. The fourth-order valence-corrected chi connectivity index (χ4v) is 6.34. The molecule has 230 valence electrons. The van der Waals surface area contributed by atoms with E-state index < -0.39 is 30.2 Å². The second-order valence-corrected chi connectivity index (χ2v) is 11.9. The fourth-order valence-electron chi connectivity index (χ4n) is 6.34. The number of nitrogens with one attached hydrogen (secondary N) is 1. The topological polar surface area (TPSA) is 136 Å². The molecule has 2 aromatic carbocycles. The number of oxazole rings is 1. The van der Waals surface area contributed by atoms with Crippen molar-refractivity contribution >= 4 is 29.1 Å². The molecule has 0 spiro atoms. The number of rotatable bonds is 10. The minimum Gasteiger partial charge on any atom is -0.465 e. The van der Waals surface area contributed by atoms with Crippen molar-refractivity contribution in [2.45, 2.75) is 76.4 Å². The van der Waals surface area contributed by atoms with Gasteiger partial charge in [-0.3, -0.25) is 9.69 Å². The third-order valence-corrected chi connectivity index (χ3v) is 8.95. The molecule has 1 aliphatic carbocycles. The van der Waals surface area contributed by atoms with Crippen molar-refractivity contribution in [2.75, 3.05) is 19.6 Å². The summed E-state index contributed by atoms with van der Waals surface area (Å²) in [5, 5.41) is 23.8. The van der Waals surface area contributed by atoms with Gasteiger partial charge in [0.25, 0.3) is 0 Å². The Bertz CT molecular complexity index is 1330. The van der Waals surface area contributed by atoms with E-state index >= 15 is 0 Å². The highest BCUT2D eigenvalue weighted by Crippen LogP contribution is 2.28. The van der Waals surface area contributed by atoms with Crippen LogP contribution < -0.4 is 5.32 Å². The lowest BCUT2D eigenvalue weighted by atomic mass is 9.87. The van der Waals surface area contributed by atoms with E-state index in [9.17, 15) is 24.6 Å². The van der Waals surface area contributed by atoms with Gasteiger partial charge < -0.3 is 24.8 Å². The molecule has 2 aliphatic rings. The average molecular weight is 591 g/mol. The Kier molecular flexibility index (Phi) is 10.3. The summed E-state index contributed by atoms with van der Waals surface area (Å²) in [6.45, 7) is 0.818. The summed E-state index contributed by atoms with van der Waals surface area (Å²) in [6.07, 6.45) is 5.99. The molecule has 1 aliphatic heterocycles. The number of likely N-dealkylation sites (tertiary alicyclic amines) is 1. The van der Waals surface area contributed by atoms with Gasteiger partial charge in [0, 0.05) is 25.6 Å². The Hall–Kier alpha value is -3.92. The van der Waals surface area contributed by atoms with Crippen LogP contribution in [0.25, 0.3) is 11.1 Å². The van der Waals surface area contributed by atoms with Gasteiger partial charge in [0.05, 0.1) is 6.04 Å². The monoisotopic (exact) mass is 590 g/mol. The summed E-state index contributed by atoms with van der Waals surface area (Å²) >= 11 is 0. The van der Waals surface area contributed by atoms with E-state index in [-0.39, 0.29) is 24.9 Å². The van der Waals surface area contributed by atoms with Crippen molar-refractivity contribution in [2.24, 2.45) is 11.8 Å². The van der Waals surface area contributed by atoms with Gasteiger partial charge in [-0.1, -0.05) is 74.6 Å². The zero-order valence-corrected chi connectivity index (χ0v) is 24.6. The Morgan fingerprint density at radius 3 is 2.37 bits per heavy atom. The molecule has 3 N–H and O–H groups in total. The molecule has 3 aromatic rings. The number of para-hydroxylation sites is 2. The number of carbonyl (C=O) groups excluding carboxylic acids is 2. The molecule has 2 atom stereocenters. The largest absolute Gasteiger partial charge is 0.465 e. The maximum absolute atomic E-state index is 13.9. The number of piperidine rings is 1. The summed E-state index contributed by atoms with van der Waals surface area (Å²) < 4.78 is 5.86. The Morgan fingerprint density at radius 2 is 1.67 bits per heavy atom. The van der Waals surface area contributed by atoms with E-state index in [1.165, 1.54) is 16.2 Å². The lowest BCUT2D eigenvalue weighted by Crippen LogP contribution is -2.52. The first-order valence-corrected chi connectivity index (χ1v) is 15.6. The van der Waals surface area contributed by atoms with Gasteiger partial charge in [0.1, 0.15) is 5.52 Å². The molecule has 5 rings (SSSR count). The predicted molar refractivity (Wildman–Crippen MR) is 161 cm³/mol. The number of imide groups is 1. The molecule has 2 heterocycles. The van der Waals surface area contributed by atoms with Crippen molar-refractivity contribution in [3.8, 4) is 0 Å². The number of hydrogen-bond acceptors (Lipinski definition) is 6. The standard InChI is InChI=1S/C33H42N4O6/c38-29(30-34-26-13-7-8-14-28(26)43-30)27(16-15-23-9-3-1-4-10-23)35-32(40)37(22-17-24-11-5-2-6-12-24)31(39)25-18-20-36(21-19-25)33(41)42/h1,3-4,7-10,13-14,24-25,27,29,38H,2,5-6,11-12,15-22H2,(H,35,40)(H,41,42)/t27-,29?/m0/s1. The SMILES string of the molecule is O=C(O)N1CCC(C(=O)N(CCC2CCCCC2)C(=O)N[C@@H](CCc2ccccc2)C(O)c2nc3ccccc3o2)CC1. The van der Waals surface area contributed by atoms with E-state index in [1.807, 2.05) is 42.5 Å². The summed E-state index contributed by atoms with van der Waals surface area (Å²) in [5.74, 6) is -0.139. The quantitative estimate of drug-likeness (QED) is 0.273. The van der Waals surface area contributed by atoms with Crippen molar-refractivity contribution in [1.29, 1.82) is 0 Å². The minimum atomic E-state index is -1.23. The molecule has 1 unspecified atom stereocenters. The number of benzene rings is 2. The number of aliphatic hydroxyl groups excluding tert-OH is 1. The highest BCUT2D eigenvalue weighted by Gasteiger charge is 2.35. The van der Waals surface area contributed by atoms with Crippen LogP contribution in [0.3, 0.4) is 0 Å². The van der Waals surface area contributed by atoms with E-state index in [4.69, 9.17) is 4.42 Å². The van der Waals surface area contributed by atoms with Crippen LogP contribution in [0.1, 0.15) is 75.3 Å². The molecule has 2 fully saturated rings. The average Bonchev–Trinajstić information content (AvgIpc) is 3.48. The van der Waals surface area contributed by atoms with Crippen molar-refractivity contribution in [1.82, 2.24) is 20.1 Å². The van der Waals surface area contributed by atoms with E-state index in [0.29, 0.717) is 49.2 Å². The minimum absolute atomic E-state index is 0.112. The highest BCUT2D eigenvalue weighted by atomic mass is 16.4. The summed E-state index contributed by atoms with van der Waals surface area (Å²) in [7, 11) is 0. The zero-order chi connectivity index (χ0) is 30.2. The number of aryl methyl sites for hydroxylation is 1. The van der Waals surface area contributed by atoms with E-state index in [1.54, 1.807) is 12.1 Å². The van der Waals surface area contributed by atoms with E-state index in [2.05, 4.69) is 10.3 Å². The first-order valence-electron chi connectivity index (χ1n) is 15.6. The lowest BCUT2D eigenvalue weighted by molar-refractivity contribution is -0.134. The molecule has 4 amide bonds. The van der Waals surface area contributed by atoms with Crippen molar-refractivity contribution in [3.63, 3.8) is 0 Å². The van der Waals surface area contributed by atoms with Crippen LogP contribution in [-0.4, -0.2) is 68.7 Å². The van der Waals surface area contributed by atoms with Crippen LogP contribution in [0.15, 0.2) is 59.0 Å². The number of carbonyl (C=O) groups is 3. The number of aliphatic hydroxyl groups is 1. The maximum Gasteiger partial charge on any atom is 0.407 e. The number of fused-ring (bicyclic) bond motifs is 1. The number of hydrogen-bond donors (Lipinski definition) is 3. The van der Waals surface area contributed by atoms with Crippen LogP contribution in [0.4, 0.5) is 9.59 Å². The van der Waals surface area contributed by atoms with Gasteiger partial charge in [0.15, 0.2) is 11.7 Å². The Labute approximate surface area is 252 Å². The molecule has 10 nitrogen and oxygen atoms in total. The van der Waals surface area contributed by atoms with E-state index in [0.717, 1.165) is 37.7 Å². The van der Waals surface area contributed by atoms with Crippen molar-refractivity contribution < 1.29 is 29.0 Å². The summed E-state index contributed by atoms with van der Waals surface area (Å²) in [5.41, 5.74) is 2.21. The van der Waals surface area contributed by atoms with Gasteiger partial charge in [-0.2, -0.15) is 0 Å². The number of carboxylic acid groups (broad SMARTS) is 1. The summed E-state index contributed by atoms with van der Waals surface area (Å²) in [4.78, 5) is 46.2. The predicted octanol–water partition coefficient (Wildman–Crippen LogP) is 5.76. The van der Waals surface area contributed by atoms with Crippen molar-refractivity contribution in [3.05, 3.63) is 66.1 Å². The molecule has 1 saturated heterocycles. The van der Waals surface area contributed by atoms with Gasteiger partial charge >= 0.3 is 12.1 Å². The second kappa shape index (κ2) is 14.5. The first kappa shape index (κ1) is 30.5. The zero-order valence-electron chi connectivity index (χ0n) is 24.6. The third kappa shape index (κ3) is 7.93. The number of urea groups is 1. The number of aromatic nitrogens is 1. The third-order valence-electron chi connectivity index (χ3n) is 8.95. The Morgan fingerprint density at radius 1 is 0.977 bits per heavy atom. The fraction of sp³-hybridized carbons (Fsp3) is 0.515. The van der Waals surface area contributed by atoms with Gasteiger partial charge in [0.2, 0.25) is 11.8 Å². The van der Waals surface area contributed by atoms with Crippen LogP contribution in [0.2, 0.25) is 0 Å². The van der Waals surface area contributed by atoms with Crippen LogP contribution in [0, 0.1) is 11.8 Å². The molecular formula is C33H42N4O6. The molecule has 43 heavy (non-hydrogen) atoms. The molecule has 1 aromatic heterocycles. The highest BCUT2D eigenvalue weighted by molar-refractivity contribution is 5.95. The van der Waals surface area contributed by atoms with Crippen LogP contribution in [-0.2, 0) is 11.2 Å². The normalized spacial score (nSPS) is 17.8. The van der Waals surface area contributed by atoms with Gasteiger partial charge in [-0.15, -0.1) is 0 Å². The molecule has 10 heteroatoms. The van der Waals surface area contributed by atoms with Gasteiger partial charge in [-0.25, -0.2) is 14.6 Å². The lowest BCUT2D eigenvalue weighted by Gasteiger charge is -2.34.